The van der Waals surface area contributed by atoms with Crippen LogP contribution in [-0.2, 0) is 11.0 Å². The molecule has 1 amide bonds. The first kappa shape index (κ1) is 21.0. The summed E-state index contributed by atoms with van der Waals surface area (Å²) in [6.45, 7) is 5.67. The van der Waals surface area contributed by atoms with Gasteiger partial charge in [-0.15, -0.1) is 12.4 Å². The molecular formula is C18H25ClF3N3O. The maximum absolute atomic E-state index is 12.8. The van der Waals surface area contributed by atoms with Crippen molar-refractivity contribution in [3.8, 4) is 0 Å². The number of hydrogen-bond acceptors (Lipinski definition) is 3. The molecule has 2 unspecified atom stereocenters. The van der Waals surface area contributed by atoms with Gasteiger partial charge in [-0.05, 0) is 36.9 Å². The van der Waals surface area contributed by atoms with E-state index in [1.165, 1.54) is 12.1 Å². The van der Waals surface area contributed by atoms with E-state index in [0.29, 0.717) is 18.5 Å². The van der Waals surface area contributed by atoms with Crippen molar-refractivity contribution in [3.63, 3.8) is 0 Å². The summed E-state index contributed by atoms with van der Waals surface area (Å²) >= 11 is 0. The second kappa shape index (κ2) is 9.06. The van der Waals surface area contributed by atoms with Crippen LogP contribution in [0.1, 0.15) is 29.9 Å². The maximum atomic E-state index is 12.8. The molecule has 0 aromatic heterocycles. The fourth-order valence-corrected chi connectivity index (χ4v) is 3.38. The van der Waals surface area contributed by atoms with Crippen molar-refractivity contribution >= 4 is 18.3 Å². The summed E-state index contributed by atoms with van der Waals surface area (Å²) in [5, 5.41) is 6.22. The summed E-state index contributed by atoms with van der Waals surface area (Å²) in [4.78, 5) is 14.5. The minimum Gasteiger partial charge on any atom is -0.356 e. The van der Waals surface area contributed by atoms with Gasteiger partial charge in [-0.3, -0.25) is 4.79 Å². The molecule has 3 rings (SSSR count). The Hall–Kier alpha value is -1.31. The molecule has 146 valence electrons. The van der Waals surface area contributed by atoms with E-state index in [-0.39, 0.29) is 30.2 Å². The molecule has 1 saturated carbocycles. The Kier molecular flexibility index (Phi) is 7.32. The summed E-state index contributed by atoms with van der Waals surface area (Å²) in [6, 6.07) is 5.33. The van der Waals surface area contributed by atoms with Crippen molar-refractivity contribution in [1.82, 2.24) is 15.5 Å². The molecule has 2 aliphatic rings. The van der Waals surface area contributed by atoms with E-state index in [1.807, 2.05) is 0 Å². The maximum Gasteiger partial charge on any atom is 0.416 e. The molecule has 1 aromatic rings. The van der Waals surface area contributed by atoms with Gasteiger partial charge in [0, 0.05) is 38.6 Å². The molecule has 26 heavy (non-hydrogen) atoms. The number of carbonyl (C=O) groups excluding carboxylic acids is 1. The van der Waals surface area contributed by atoms with E-state index in [2.05, 4.69) is 15.5 Å². The number of alkyl halides is 3. The molecule has 1 saturated heterocycles. The molecule has 2 atom stereocenters. The zero-order valence-electron chi connectivity index (χ0n) is 14.5. The minimum atomic E-state index is -4.34. The van der Waals surface area contributed by atoms with Crippen LogP contribution < -0.4 is 10.6 Å². The van der Waals surface area contributed by atoms with Crippen molar-refractivity contribution in [2.45, 2.75) is 24.9 Å². The third-order valence-electron chi connectivity index (χ3n) is 4.93. The number of rotatable bonds is 6. The molecule has 1 heterocycles. The Labute approximate surface area is 157 Å². The van der Waals surface area contributed by atoms with Gasteiger partial charge in [0.2, 0.25) is 5.91 Å². The van der Waals surface area contributed by atoms with E-state index in [1.54, 1.807) is 6.07 Å². The molecular weight excluding hydrogens is 367 g/mol. The Morgan fingerprint density at radius 3 is 2.69 bits per heavy atom. The Bertz CT molecular complexity index is 606. The first-order valence-electron chi connectivity index (χ1n) is 8.83. The molecule has 0 radical (unpaired) electrons. The van der Waals surface area contributed by atoms with E-state index < -0.39 is 11.7 Å². The monoisotopic (exact) mass is 391 g/mol. The van der Waals surface area contributed by atoms with Crippen molar-refractivity contribution < 1.29 is 18.0 Å². The van der Waals surface area contributed by atoms with Crippen LogP contribution in [0.15, 0.2) is 24.3 Å². The van der Waals surface area contributed by atoms with Crippen LogP contribution in [0.3, 0.4) is 0 Å². The summed E-state index contributed by atoms with van der Waals surface area (Å²) in [5.74, 6) is -0.319. The minimum absolute atomic E-state index is 0. The largest absolute Gasteiger partial charge is 0.416 e. The van der Waals surface area contributed by atoms with Crippen LogP contribution in [0.2, 0.25) is 0 Å². The fraction of sp³-hybridized carbons (Fsp3) is 0.611. The Balaban J connectivity index is 0.00000243. The number of benzene rings is 1. The predicted octanol–water partition coefficient (Wildman–Crippen LogP) is 2.64. The highest BCUT2D eigenvalue weighted by atomic mass is 35.5. The smallest absolute Gasteiger partial charge is 0.356 e. The number of piperazine rings is 1. The van der Waals surface area contributed by atoms with Gasteiger partial charge in [0.05, 0.1) is 5.56 Å². The first-order chi connectivity index (χ1) is 11.9. The van der Waals surface area contributed by atoms with Crippen LogP contribution in [-0.4, -0.2) is 50.1 Å². The number of hydrogen-bond donors (Lipinski definition) is 2. The van der Waals surface area contributed by atoms with Crippen molar-refractivity contribution in [1.29, 1.82) is 0 Å². The second-order valence-corrected chi connectivity index (χ2v) is 6.81. The van der Waals surface area contributed by atoms with Gasteiger partial charge in [-0.2, -0.15) is 13.2 Å². The molecule has 0 bridgehead atoms. The van der Waals surface area contributed by atoms with E-state index in [0.717, 1.165) is 45.2 Å². The fourth-order valence-electron chi connectivity index (χ4n) is 3.38. The zero-order chi connectivity index (χ0) is 17.9. The standard InChI is InChI=1S/C18H24F3N3O.ClH/c19-18(20,21)14-4-1-3-13(11-14)15-12-16(15)17(25)23-5-2-8-24-9-6-22-7-10-24;/h1,3-4,11,15-16,22H,2,5-10,12H2,(H,23,25);1H. The van der Waals surface area contributed by atoms with Crippen LogP contribution in [0.4, 0.5) is 13.2 Å². The lowest BCUT2D eigenvalue weighted by Gasteiger charge is -2.27. The average Bonchev–Trinajstić information content (AvgIpc) is 3.40. The number of nitrogens with zero attached hydrogens (tertiary/aromatic N) is 1. The topological polar surface area (TPSA) is 44.4 Å². The van der Waals surface area contributed by atoms with Crippen molar-refractivity contribution in [2.24, 2.45) is 5.92 Å². The lowest BCUT2D eigenvalue weighted by atomic mass is 10.1. The van der Waals surface area contributed by atoms with Crippen molar-refractivity contribution in [3.05, 3.63) is 35.4 Å². The molecule has 2 fully saturated rings. The molecule has 8 heteroatoms. The van der Waals surface area contributed by atoms with Crippen LogP contribution in [0.5, 0.6) is 0 Å². The Morgan fingerprint density at radius 1 is 1.27 bits per heavy atom. The van der Waals surface area contributed by atoms with Gasteiger partial charge in [0.25, 0.3) is 0 Å². The lowest BCUT2D eigenvalue weighted by Crippen LogP contribution is -2.44. The predicted molar refractivity (Wildman–Crippen MR) is 96.5 cm³/mol. The third-order valence-corrected chi connectivity index (χ3v) is 4.93. The molecule has 0 spiro atoms. The lowest BCUT2D eigenvalue weighted by molar-refractivity contribution is -0.137. The van der Waals surface area contributed by atoms with E-state index in [4.69, 9.17) is 0 Å². The highest BCUT2D eigenvalue weighted by molar-refractivity contribution is 5.85. The van der Waals surface area contributed by atoms with E-state index in [9.17, 15) is 18.0 Å². The third kappa shape index (κ3) is 5.59. The van der Waals surface area contributed by atoms with Crippen LogP contribution in [0, 0.1) is 5.92 Å². The SMILES string of the molecule is Cl.O=C(NCCCN1CCNCC1)C1CC1c1cccc(C(F)(F)F)c1. The zero-order valence-corrected chi connectivity index (χ0v) is 15.3. The van der Waals surface area contributed by atoms with Crippen LogP contribution >= 0.6 is 12.4 Å². The summed E-state index contributed by atoms with van der Waals surface area (Å²) in [6.07, 6.45) is -2.82. The highest BCUT2D eigenvalue weighted by Crippen LogP contribution is 2.48. The second-order valence-electron chi connectivity index (χ2n) is 6.81. The number of carbonyl (C=O) groups is 1. The molecule has 4 nitrogen and oxygen atoms in total. The van der Waals surface area contributed by atoms with Crippen LogP contribution in [0.25, 0.3) is 0 Å². The number of amides is 1. The molecule has 2 N–H and O–H groups in total. The summed E-state index contributed by atoms with van der Waals surface area (Å²) < 4.78 is 38.3. The Morgan fingerprint density at radius 2 is 2.00 bits per heavy atom. The normalized spacial score (nSPS) is 23.2. The molecule has 1 aliphatic heterocycles. The van der Waals surface area contributed by atoms with Gasteiger partial charge in [0.1, 0.15) is 0 Å². The van der Waals surface area contributed by atoms with Gasteiger partial charge >= 0.3 is 6.18 Å². The van der Waals surface area contributed by atoms with Gasteiger partial charge in [0.15, 0.2) is 0 Å². The quantitative estimate of drug-likeness (QED) is 0.733. The molecule has 1 aromatic carbocycles. The molecule has 1 aliphatic carbocycles. The first-order valence-corrected chi connectivity index (χ1v) is 8.83. The summed E-state index contributed by atoms with van der Waals surface area (Å²) in [5.41, 5.74) is -0.0390. The summed E-state index contributed by atoms with van der Waals surface area (Å²) in [7, 11) is 0. The number of halogens is 4. The van der Waals surface area contributed by atoms with E-state index >= 15 is 0 Å². The number of nitrogens with one attached hydrogen (secondary N) is 2. The van der Waals surface area contributed by atoms with Gasteiger partial charge in [-0.25, -0.2) is 0 Å². The average molecular weight is 392 g/mol. The van der Waals surface area contributed by atoms with Gasteiger partial charge < -0.3 is 15.5 Å². The highest BCUT2D eigenvalue weighted by Gasteiger charge is 2.44. The van der Waals surface area contributed by atoms with Gasteiger partial charge in [-0.1, -0.05) is 18.2 Å². The van der Waals surface area contributed by atoms with Crippen molar-refractivity contribution in [2.75, 3.05) is 39.3 Å².